The first-order valence-electron chi connectivity index (χ1n) is 7.35. The average Bonchev–Trinajstić information content (AvgIpc) is 2.65. The molecule has 1 N–H and O–H groups in total. The molecule has 0 amide bonds. The summed E-state index contributed by atoms with van der Waals surface area (Å²) in [5.74, 6) is -2.59. The first-order chi connectivity index (χ1) is 13.2. The molecule has 0 radical (unpaired) electrons. The van der Waals surface area contributed by atoms with Crippen LogP contribution in [0.2, 0.25) is 0 Å². The van der Waals surface area contributed by atoms with Gasteiger partial charge in [0.25, 0.3) is 5.69 Å². The summed E-state index contributed by atoms with van der Waals surface area (Å²) in [6.07, 6.45) is 0. The highest BCUT2D eigenvalue weighted by Crippen LogP contribution is 2.39. The van der Waals surface area contributed by atoms with Crippen LogP contribution in [0.4, 0.5) is 5.69 Å². The molecule has 2 aromatic carbocycles. The number of benzene rings is 2. The SMILES string of the molecule is O=C(Oc1c(Br)c(Br)cc2cc(C(=O)O)c(=O)oc12)c1cccc([N+](=O)[O-])c1. The van der Waals surface area contributed by atoms with Gasteiger partial charge in [-0.3, -0.25) is 10.1 Å². The van der Waals surface area contributed by atoms with Crippen LogP contribution in [-0.4, -0.2) is 22.0 Å². The highest BCUT2D eigenvalue weighted by molar-refractivity contribution is 9.13. The molecule has 3 aromatic rings. The van der Waals surface area contributed by atoms with E-state index >= 15 is 0 Å². The summed E-state index contributed by atoms with van der Waals surface area (Å²) in [5, 5.41) is 20.1. The summed E-state index contributed by atoms with van der Waals surface area (Å²) in [6.45, 7) is 0. The summed E-state index contributed by atoms with van der Waals surface area (Å²) >= 11 is 6.43. The number of ether oxygens (including phenoxy) is 1. The molecule has 0 fully saturated rings. The number of nitro benzene ring substituents is 1. The number of rotatable bonds is 4. The van der Waals surface area contributed by atoms with Gasteiger partial charge in [0.2, 0.25) is 0 Å². The minimum atomic E-state index is -1.47. The molecule has 11 heteroatoms. The lowest BCUT2D eigenvalue weighted by atomic mass is 10.1. The van der Waals surface area contributed by atoms with Gasteiger partial charge in [0, 0.05) is 22.0 Å². The molecule has 28 heavy (non-hydrogen) atoms. The molecule has 0 aliphatic carbocycles. The number of carbonyl (C=O) groups is 2. The monoisotopic (exact) mass is 511 g/mol. The van der Waals surface area contributed by atoms with Gasteiger partial charge < -0.3 is 14.3 Å². The van der Waals surface area contributed by atoms with E-state index in [2.05, 4.69) is 31.9 Å². The van der Waals surface area contributed by atoms with Crippen LogP contribution < -0.4 is 10.4 Å². The molecular weight excluding hydrogens is 506 g/mol. The number of aromatic carboxylic acids is 1. The van der Waals surface area contributed by atoms with Gasteiger partial charge in [0.1, 0.15) is 5.56 Å². The van der Waals surface area contributed by atoms with E-state index in [4.69, 9.17) is 14.3 Å². The third-order valence-electron chi connectivity index (χ3n) is 3.59. The number of nitro groups is 1. The second-order valence-electron chi connectivity index (χ2n) is 5.37. The fraction of sp³-hybridized carbons (Fsp3) is 0. The van der Waals surface area contributed by atoms with Gasteiger partial charge in [-0.25, -0.2) is 14.4 Å². The van der Waals surface area contributed by atoms with Gasteiger partial charge in [0.15, 0.2) is 11.3 Å². The lowest BCUT2D eigenvalue weighted by Crippen LogP contribution is -2.14. The first kappa shape index (κ1) is 19.7. The molecule has 0 aliphatic heterocycles. The van der Waals surface area contributed by atoms with Crippen molar-refractivity contribution in [2.24, 2.45) is 0 Å². The number of hydrogen-bond donors (Lipinski definition) is 1. The largest absolute Gasteiger partial charge is 0.477 e. The van der Waals surface area contributed by atoms with Crippen LogP contribution in [0.5, 0.6) is 5.75 Å². The van der Waals surface area contributed by atoms with Gasteiger partial charge in [-0.15, -0.1) is 0 Å². The van der Waals surface area contributed by atoms with Gasteiger partial charge in [0.05, 0.1) is 15.0 Å². The predicted molar refractivity (Wildman–Crippen MR) is 103 cm³/mol. The molecule has 0 spiro atoms. The second-order valence-corrected chi connectivity index (χ2v) is 7.02. The van der Waals surface area contributed by atoms with E-state index in [1.807, 2.05) is 0 Å². The van der Waals surface area contributed by atoms with E-state index in [0.29, 0.717) is 4.47 Å². The molecular formula is C17H7Br2NO8. The lowest BCUT2D eigenvalue weighted by Gasteiger charge is -2.11. The third-order valence-corrected chi connectivity index (χ3v) is 5.54. The Morgan fingerprint density at radius 1 is 1.18 bits per heavy atom. The van der Waals surface area contributed by atoms with E-state index in [9.17, 15) is 24.5 Å². The molecule has 9 nitrogen and oxygen atoms in total. The number of halogens is 2. The Bertz CT molecular complexity index is 1220. The van der Waals surface area contributed by atoms with Crippen LogP contribution >= 0.6 is 31.9 Å². The fourth-order valence-electron chi connectivity index (χ4n) is 2.32. The zero-order valence-corrected chi connectivity index (χ0v) is 16.6. The summed E-state index contributed by atoms with van der Waals surface area (Å²) in [5.41, 5.74) is -2.27. The van der Waals surface area contributed by atoms with E-state index in [1.165, 1.54) is 24.3 Å². The minimum Gasteiger partial charge on any atom is -0.477 e. The molecule has 0 aliphatic rings. The smallest absolute Gasteiger partial charge is 0.351 e. The second kappa shape index (κ2) is 7.52. The van der Waals surface area contributed by atoms with Crippen LogP contribution in [-0.2, 0) is 0 Å². The number of esters is 1. The molecule has 1 aromatic heterocycles. The van der Waals surface area contributed by atoms with Crippen molar-refractivity contribution in [3.05, 3.63) is 77.0 Å². The van der Waals surface area contributed by atoms with Crippen molar-refractivity contribution in [3.8, 4) is 5.75 Å². The molecule has 0 atom stereocenters. The summed E-state index contributed by atoms with van der Waals surface area (Å²) in [6, 6.07) is 7.46. The summed E-state index contributed by atoms with van der Waals surface area (Å²) in [4.78, 5) is 45.7. The Balaban J connectivity index is 2.13. The maximum absolute atomic E-state index is 12.5. The molecule has 1 heterocycles. The van der Waals surface area contributed by atoms with Crippen molar-refractivity contribution in [2.45, 2.75) is 0 Å². The molecule has 142 valence electrons. The van der Waals surface area contributed by atoms with Gasteiger partial charge in [-0.2, -0.15) is 0 Å². The standard InChI is InChI=1S/C17H7Br2NO8/c18-11-6-8-5-10(15(21)22)17(24)27-13(8)14(12(11)19)28-16(23)7-2-1-3-9(4-7)20(25)26/h1-6H,(H,21,22). The van der Waals surface area contributed by atoms with Crippen LogP contribution in [0.3, 0.4) is 0 Å². The van der Waals surface area contributed by atoms with E-state index < -0.39 is 28.1 Å². The quantitative estimate of drug-likeness (QED) is 0.181. The molecule has 0 saturated carbocycles. The van der Waals surface area contributed by atoms with Crippen LogP contribution in [0, 0.1) is 10.1 Å². The van der Waals surface area contributed by atoms with Gasteiger partial charge in [-0.1, -0.05) is 6.07 Å². The zero-order chi connectivity index (χ0) is 20.6. The van der Waals surface area contributed by atoms with Crippen LogP contribution in [0.15, 0.2) is 54.6 Å². The number of carbonyl (C=O) groups excluding carboxylic acids is 1. The molecule has 0 saturated heterocycles. The Labute approximate surface area is 171 Å². The van der Waals surface area contributed by atoms with Gasteiger partial charge >= 0.3 is 17.6 Å². The molecule has 3 rings (SSSR count). The summed E-state index contributed by atoms with van der Waals surface area (Å²) in [7, 11) is 0. The van der Waals surface area contributed by atoms with Crippen LogP contribution in [0.1, 0.15) is 20.7 Å². The van der Waals surface area contributed by atoms with Crippen molar-refractivity contribution in [2.75, 3.05) is 0 Å². The number of nitrogens with zero attached hydrogens (tertiary/aromatic N) is 1. The normalized spacial score (nSPS) is 10.6. The lowest BCUT2D eigenvalue weighted by molar-refractivity contribution is -0.384. The predicted octanol–water partition coefficient (Wildman–Crippen LogP) is 4.14. The van der Waals surface area contributed by atoms with E-state index in [1.54, 1.807) is 0 Å². The average molecular weight is 513 g/mol. The highest BCUT2D eigenvalue weighted by Gasteiger charge is 2.22. The fourth-order valence-corrected chi connectivity index (χ4v) is 3.12. The van der Waals surface area contributed by atoms with Crippen molar-refractivity contribution < 1.29 is 28.8 Å². The Hall–Kier alpha value is -3.05. The van der Waals surface area contributed by atoms with E-state index in [0.717, 1.165) is 12.1 Å². The van der Waals surface area contributed by atoms with Crippen LogP contribution in [0.25, 0.3) is 11.0 Å². The number of hydrogen-bond acceptors (Lipinski definition) is 7. The van der Waals surface area contributed by atoms with Crippen molar-refractivity contribution in [3.63, 3.8) is 0 Å². The zero-order valence-electron chi connectivity index (χ0n) is 13.5. The topological polar surface area (TPSA) is 137 Å². The maximum Gasteiger partial charge on any atom is 0.351 e. The van der Waals surface area contributed by atoms with Gasteiger partial charge in [-0.05, 0) is 50.1 Å². The first-order valence-corrected chi connectivity index (χ1v) is 8.93. The maximum atomic E-state index is 12.5. The number of carboxylic acid groups (broad SMARTS) is 1. The Kier molecular flexibility index (Phi) is 5.29. The van der Waals surface area contributed by atoms with Crippen molar-refractivity contribution in [1.82, 2.24) is 0 Å². The number of fused-ring (bicyclic) bond motifs is 1. The van der Waals surface area contributed by atoms with Crippen molar-refractivity contribution >= 4 is 60.5 Å². The summed E-state index contributed by atoms with van der Waals surface area (Å²) < 4.78 is 11.0. The number of carboxylic acids is 1. The molecule has 0 unspecified atom stereocenters. The van der Waals surface area contributed by atoms with Crippen molar-refractivity contribution in [1.29, 1.82) is 0 Å². The minimum absolute atomic E-state index is 0.0984. The Morgan fingerprint density at radius 3 is 2.54 bits per heavy atom. The Morgan fingerprint density at radius 2 is 1.89 bits per heavy atom. The highest BCUT2D eigenvalue weighted by atomic mass is 79.9. The molecule has 0 bridgehead atoms. The van der Waals surface area contributed by atoms with E-state index in [-0.39, 0.29) is 32.4 Å². The third kappa shape index (κ3) is 3.66. The number of non-ortho nitro benzene ring substituents is 1.